The first-order chi connectivity index (χ1) is 9.85. The number of likely N-dealkylation sites (N-methyl/N-ethyl adjacent to an activating group) is 1. The number of hydrogen-bond donors (Lipinski definition) is 2. The summed E-state index contributed by atoms with van der Waals surface area (Å²) in [5.74, 6) is 0. The Morgan fingerprint density at radius 1 is 1.29 bits per heavy atom. The molecule has 1 aromatic rings. The van der Waals surface area contributed by atoms with Crippen LogP contribution in [0.3, 0.4) is 0 Å². The first-order valence-electron chi connectivity index (χ1n) is 7.67. The molecule has 0 aromatic heterocycles. The molecule has 0 aliphatic heterocycles. The number of aliphatic hydroxyl groups is 1. The number of carbonyl (C=O) groups is 1. The predicted octanol–water partition coefficient (Wildman–Crippen LogP) is 2.81. The van der Waals surface area contributed by atoms with E-state index in [1.54, 1.807) is 18.7 Å². The molecule has 2 amide bonds. The van der Waals surface area contributed by atoms with E-state index in [1.165, 1.54) is 5.56 Å². The van der Waals surface area contributed by atoms with Crippen LogP contribution in [0, 0.1) is 0 Å². The second-order valence-corrected chi connectivity index (χ2v) is 6.07. The summed E-state index contributed by atoms with van der Waals surface area (Å²) in [6.45, 7) is 8.33. The molecule has 0 spiro atoms. The standard InChI is InChI=1S/C17H28N2O2/c1-5-15(12-14-10-8-7-9-11-14)18-16(20)19(6-2)13-17(3,4)21/h7-11,15,21H,5-6,12-13H2,1-4H3,(H,18,20). The predicted molar refractivity (Wildman–Crippen MR) is 86.3 cm³/mol. The van der Waals surface area contributed by atoms with Crippen molar-refractivity contribution in [3.05, 3.63) is 35.9 Å². The van der Waals surface area contributed by atoms with Crippen LogP contribution in [-0.4, -0.2) is 40.8 Å². The normalized spacial score (nSPS) is 12.8. The van der Waals surface area contributed by atoms with Crippen LogP contribution in [0.5, 0.6) is 0 Å². The van der Waals surface area contributed by atoms with E-state index in [9.17, 15) is 9.90 Å². The summed E-state index contributed by atoms with van der Waals surface area (Å²) in [7, 11) is 0. The van der Waals surface area contributed by atoms with Gasteiger partial charge in [0.2, 0.25) is 0 Å². The van der Waals surface area contributed by atoms with Crippen molar-refractivity contribution in [2.45, 2.75) is 52.2 Å². The van der Waals surface area contributed by atoms with Crippen molar-refractivity contribution in [2.24, 2.45) is 0 Å². The summed E-state index contributed by atoms with van der Waals surface area (Å²) in [5, 5.41) is 12.9. The van der Waals surface area contributed by atoms with E-state index in [4.69, 9.17) is 0 Å². The molecule has 0 radical (unpaired) electrons. The lowest BCUT2D eigenvalue weighted by atomic mass is 10.0. The maximum absolute atomic E-state index is 12.3. The van der Waals surface area contributed by atoms with Gasteiger partial charge in [-0.2, -0.15) is 0 Å². The Bertz CT molecular complexity index is 426. The van der Waals surface area contributed by atoms with Gasteiger partial charge in [-0.1, -0.05) is 37.3 Å². The zero-order valence-electron chi connectivity index (χ0n) is 13.6. The lowest BCUT2D eigenvalue weighted by Crippen LogP contribution is -2.49. The summed E-state index contributed by atoms with van der Waals surface area (Å²) < 4.78 is 0. The van der Waals surface area contributed by atoms with Gasteiger partial charge < -0.3 is 15.3 Å². The summed E-state index contributed by atoms with van der Waals surface area (Å²) in [4.78, 5) is 14.0. The molecule has 1 rings (SSSR count). The van der Waals surface area contributed by atoms with Crippen LogP contribution in [0.2, 0.25) is 0 Å². The van der Waals surface area contributed by atoms with Crippen LogP contribution in [0.4, 0.5) is 4.79 Å². The molecule has 2 N–H and O–H groups in total. The molecule has 1 unspecified atom stereocenters. The summed E-state index contributed by atoms with van der Waals surface area (Å²) >= 11 is 0. The maximum atomic E-state index is 12.3. The van der Waals surface area contributed by atoms with Crippen LogP contribution < -0.4 is 5.32 Å². The van der Waals surface area contributed by atoms with Gasteiger partial charge >= 0.3 is 6.03 Å². The summed E-state index contributed by atoms with van der Waals surface area (Å²) in [5.41, 5.74) is 0.337. The Morgan fingerprint density at radius 2 is 1.90 bits per heavy atom. The molecule has 0 saturated carbocycles. The average molecular weight is 292 g/mol. The van der Waals surface area contributed by atoms with Crippen molar-refractivity contribution in [2.75, 3.05) is 13.1 Å². The number of hydrogen-bond acceptors (Lipinski definition) is 2. The van der Waals surface area contributed by atoms with Crippen LogP contribution in [-0.2, 0) is 6.42 Å². The lowest BCUT2D eigenvalue weighted by Gasteiger charge is -2.30. The van der Waals surface area contributed by atoms with E-state index in [0.29, 0.717) is 13.1 Å². The van der Waals surface area contributed by atoms with Crippen molar-refractivity contribution >= 4 is 6.03 Å². The Morgan fingerprint density at radius 3 is 2.38 bits per heavy atom. The van der Waals surface area contributed by atoms with Crippen LogP contribution >= 0.6 is 0 Å². The fourth-order valence-corrected chi connectivity index (χ4v) is 2.26. The number of carbonyl (C=O) groups excluding carboxylic acids is 1. The molecule has 118 valence electrons. The van der Waals surface area contributed by atoms with Crippen LogP contribution in [0.15, 0.2) is 30.3 Å². The smallest absolute Gasteiger partial charge is 0.317 e. The second kappa shape index (κ2) is 8.03. The van der Waals surface area contributed by atoms with Gasteiger partial charge in [-0.15, -0.1) is 0 Å². The highest BCUT2D eigenvalue weighted by molar-refractivity contribution is 5.74. The summed E-state index contributed by atoms with van der Waals surface area (Å²) in [6, 6.07) is 10.2. The number of amides is 2. The Balaban J connectivity index is 2.61. The minimum atomic E-state index is -0.880. The molecule has 1 atom stereocenters. The maximum Gasteiger partial charge on any atom is 0.317 e. The fourth-order valence-electron chi connectivity index (χ4n) is 2.26. The molecule has 0 aliphatic rings. The number of rotatable bonds is 7. The highest BCUT2D eigenvalue weighted by atomic mass is 16.3. The van der Waals surface area contributed by atoms with Crippen molar-refractivity contribution in [3.63, 3.8) is 0 Å². The molecule has 0 aliphatic carbocycles. The van der Waals surface area contributed by atoms with Gasteiger partial charge in [0.1, 0.15) is 0 Å². The van der Waals surface area contributed by atoms with Gasteiger partial charge in [0.15, 0.2) is 0 Å². The van der Waals surface area contributed by atoms with Crippen molar-refractivity contribution < 1.29 is 9.90 Å². The third-order valence-corrected chi connectivity index (χ3v) is 3.39. The zero-order chi connectivity index (χ0) is 15.9. The van der Waals surface area contributed by atoms with Gasteiger partial charge in [0, 0.05) is 12.6 Å². The Labute approximate surface area is 128 Å². The molecule has 4 nitrogen and oxygen atoms in total. The third-order valence-electron chi connectivity index (χ3n) is 3.39. The quantitative estimate of drug-likeness (QED) is 0.812. The number of urea groups is 1. The highest BCUT2D eigenvalue weighted by Gasteiger charge is 2.22. The van der Waals surface area contributed by atoms with Crippen molar-refractivity contribution in [1.29, 1.82) is 0 Å². The van der Waals surface area contributed by atoms with Gasteiger partial charge in [-0.05, 0) is 39.2 Å². The highest BCUT2D eigenvalue weighted by Crippen LogP contribution is 2.08. The van der Waals surface area contributed by atoms with Crippen LogP contribution in [0.1, 0.15) is 39.7 Å². The van der Waals surface area contributed by atoms with Gasteiger partial charge in [0.25, 0.3) is 0 Å². The Kier molecular flexibility index (Phi) is 6.69. The molecular formula is C17H28N2O2. The van der Waals surface area contributed by atoms with Crippen molar-refractivity contribution in [1.82, 2.24) is 10.2 Å². The second-order valence-electron chi connectivity index (χ2n) is 6.07. The average Bonchev–Trinajstić information content (AvgIpc) is 2.44. The van der Waals surface area contributed by atoms with E-state index in [1.807, 2.05) is 25.1 Å². The van der Waals surface area contributed by atoms with E-state index >= 15 is 0 Å². The van der Waals surface area contributed by atoms with Gasteiger partial charge in [-0.3, -0.25) is 0 Å². The Hall–Kier alpha value is -1.55. The van der Waals surface area contributed by atoms with Gasteiger partial charge in [0.05, 0.1) is 12.1 Å². The monoisotopic (exact) mass is 292 g/mol. The minimum absolute atomic E-state index is 0.107. The van der Waals surface area contributed by atoms with E-state index < -0.39 is 5.60 Å². The first-order valence-corrected chi connectivity index (χ1v) is 7.67. The lowest BCUT2D eigenvalue weighted by molar-refractivity contribution is 0.0475. The fraction of sp³-hybridized carbons (Fsp3) is 0.588. The molecule has 0 saturated heterocycles. The van der Waals surface area contributed by atoms with E-state index in [0.717, 1.165) is 12.8 Å². The number of nitrogens with zero attached hydrogens (tertiary/aromatic N) is 1. The van der Waals surface area contributed by atoms with E-state index in [2.05, 4.69) is 24.4 Å². The van der Waals surface area contributed by atoms with Crippen LogP contribution in [0.25, 0.3) is 0 Å². The molecular weight excluding hydrogens is 264 g/mol. The molecule has 0 fully saturated rings. The molecule has 4 heteroatoms. The van der Waals surface area contributed by atoms with Gasteiger partial charge in [-0.25, -0.2) is 4.79 Å². The summed E-state index contributed by atoms with van der Waals surface area (Å²) in [6.07, 6.45) is 1.70. The van der Waals surface area contributed by atoms with Crippen molar-refractivity contribution in [3.8, 4) is 0 Å². The molecule has 0 bridgehead atoms. The minimum Gasteiger partial charge on any atom is -0.389 e. The number of nitrogens with one attached hydrogen (secondary N) is 1. The SMILES string of the molecule is CCC(Cc1ccccc1)NC(=O)N(CC)CC(C)(C)O. The largest absolute Gasteiger partial charge is 0.389 e. The third kappa shape index (κ3) is 6.63. The molecule has 0 heterocycles. The zero-order valence-corrected chi connectivity index (χ0v) is 13.6. The molecule has 1 aromatic carbocycles. The van der Waals surface area contributed by atoms with E-state index in [-0.39, 0.29) is 12.1 Å². The first kappa shape index (κ1) is 17.5. The number of benzene rings is 1. The molecule has 21 heavy (non-hydrogen) atoms. The topological polar surface area (TPSA) is 52.6 Å².